The third-order valence-electron chi connectivity index (χ3n) is 4.79. The van der Waals surface area contributed by atoms with E-state index in [1.165, 1.54) is 4.31 Å². The Hall–Kier alpha value is -2.34. The number of hydrogen-bond donors (Lipinski definition) is 1. The van der Waals surface area contributed by atoms with E-state index in [-0.39, 0.29) is 5.91 Å². The van der Waals surface area contributed by atoms with Crippen LogP contribution in [-0.2, 0) is 27.7 Å². The summed E-state index contributed by atoms with van der Waals surface area (Å²) in [5.74, 6) is 0.0264. The van der Waals surface area contributed by atoms with Gasteiger partial charge in [0.15, 0.2) is 0 Å². The topological polar surface area (TPSA) is 66.5 Å². The fraction of sp³-hybridized carbons (Fsp3) is 0.381. The van der Waals surface area contributed by atoms with Gasteiger partial charge in [-0.25, -0.2) is 8.42 Å². The van der Waals surface area contributed by atoms with E-state index in [2.05, 4.69) is 5.32 Å². The summed E-state index contributed by atoms with van der Waals surface area (Å²) in [6.07, 6.45) is 3.65. The van der Waals surface area contributed by atoms with Crippen LogP contribution in [0.3, 0.4) is 0 Å². The quantitative estimate of drug-likeness (QED) is 0.794. The second kappa shape index (κ2) is 8.57. The normalized spacial score (nSPS) is 13.9. The van der Waals surface area contributed by atoms with E-state index in [4.69, 9.17) is 0 Å². The molecule has 1 amide bonds. The third-order valence-corrected chi connectivity index (χ3v) is 6.62. The van der Waals surface area contributed by atoms with E-state index in [1.54, 1.807) is 24.3 Å². The predicted octanol–water partition coefficient (Wildman–Crippen LogP) is 3.29. The predicted molar refractivity (Wildman–Crippen MR) is 107 cm³/mol. The first-order chi connectivity index (χ1) is 13.0. The fourth-order valence-electron chi connectivity index (χ4n) is 3.31. The molecule has 0 unspecified atom stereocenters. The minimum atomic E-state index is -3.58. The summed E-state index contributed by atoms with van der Waals surface area (Å²) in [6, 6.07) is 14.6. The molecule has 0 fully saturated rings. The Labute approximate surface area is 161 Å². The van der Waals surface area contributed by atoms with Crippen molar-refractivity contribution in [3.05, 3.63) is 59.7 Å². The Morgan fingerprint density at radius 1 is 1.11 bits per heavy atom. The molecule has 0 saturated carbocycles. The van der Waals surface area contributed by atoms with E-state index in [9.17, 15) is 13.2 Å². The van der Waals surface area contributed by atoms with Crippen molar-refractivity contribution in [2.75, 3.05) is 17.4 Å². The number of rotatable bonds is 7. The number of hydrogen-bond acceptors (Lipinski definition) is 3. The minimum absolute atomic E-state index is 0.0264. The lowest BCUT2D eigenvalue weighted by Gasteiger charge is -2.30. The fourth-order valence-corrected chi connectivity index (χ4v) is 4.86. The van der Waals surface area contributed by atoms with Crippen LogP contribution in [0.15, 0.2) is 53.4 Å². The summed E-state index contributed by atoms with van der Waals surface area (Å²) in [5.41, 5.74) is 2.81. The molecule has 0 atom stereocenters. The summed E-state index contributed by atoms with van der Waals surface area (Å²) in [5, 5.41) is 2.85. The zero-order valence-electron chi connectivity index (χ0n) is 15.6. The van der Waals surface area contributed by atoms with Crippen molar-refractivity contribution in [3.63, 3.8) is 0 Å². The maximum Gasteiger partial charge on any atom is 0.264 e. The van der Waals surface area contributed by atoms with Gasteiger partial charge in [-0.05, 0) is 55.0 Å². The van der Waals surface area contributed by atoms with Gasteiger partial charge in [0.1, 0.15) is 0 Å². The first-order valence-electron chi connectivity index (χ1n) is 9.48. The average Bonchev–Trinajstić information content (AvgIpc) is 2.70. The number of aryl methyl sites for hydroxylation is 2. The zero-order valence-corrected chi connectivity index (χ0v) is 16.5. The number of sulfonamides is 1. The number of nitrogens with zero attached hydrogens (tertiary/aromatic N) is 1. The molecule has 3 rings (SSSR count). The number of fused-ring (bicyclic) bond motifs is 1. The lowest BCUT2D eigenvalue weighted by atomic mass is 10.0. The maximum absolute atomic E-state index is 13.1. The van der Waals surface area contributed by atoms with Gasteiger partial charge in [0, 0.05) is 19.5 Å². The average molecular weight is 387 g/mol. The van der Waals surface area contributed by atoms with Crippen molar-refractivity contribution in [1.82, 2.24) is 5.32 Å². The summed E-state index contributed by atoms with van der Waals surface area (Å²) >= 11 is 0. The van der Waals surface area contributed by atoms with E-state index in [0.29, 0.717) is 30.8 Å². The molecule has 27 heavy (non-hydrogen) atoms. The molecule has 0 aliphatic carbocycles. The second-order valence-electron chi connectivity index (χ2n) is 6.80. The van der Waals surface area contributed by atoms with Crippen LogP contribution in [-0.4, -0.2) is 27.4 Å². The number of amides is 1. The molecular weight excluding hydrogens is 360 g/mol. The monoisotopic (exact) mass is 386 g/mol. The van der Waals surface area contributed by atoms with Crippen molar-refractivity contribution >= 4 is 21.6 Å². The highest BCUT2D eigenvalue weighted by Crippen LogP contribution is 2.31. The lowest BCUT2D eigenvalue weighted by Crippen LogP contribution is -2.35. The van der Waals surface area contributed by atoms with Crippen LogP contribution in [0.2, 0.25) is 0 Å². The molecule has 0 spiro atoms. The lowest BCUT2D eigenvalue weighted by molar-refractivity contribution is -0.121. The Kier molecular flexibility index (Phi) is 6.16. The van der Waals surface area contributed by atoms with E-state index < -0.39 is 10.0 Å². The zero-order chi connectivity index (χ0) is 19.3. The van der Waals surface area contributed by atoms with Gasteiger partial charge in [-0.3, -0.25) is 9.10 Å². The molecule has 0 bridgehead atoms. The smallest absolute Gasteiger partial charge is 0.264 e. The Morgan fingerprint density at radius 3 is 2.59 bits per heavy atom. The molecule has 1 aliphatic heterocycles. The van der Waals surface area contributed by atoms with E-state index in [0.717, 1.165) is 36.1 Å². The van der Waals surface area contributed by atoms with Crippen molar-refractivity contribution < 1.29 is 13.2 Å². The van der Waals surface area contributed by atoms with Gasteiger partial charge < -0.3 is 5.32 Å². The van der Waals surface area contributed by atoms with Crippen molar-refractivity contribution in [3.8, 4) is 0 Å². The van der Waals surface area contributed by atoms with Crippen LogP contribution in [0.4, 0.5) is 5.69 Å². The SMILES string of the molecule is CCCNC(=O)CCc1ccc(S(=O)(=O)N2CCCc3ccccc32)cc1. The van der Waals surface area contributed by atoms with Gasteiger partial charge in [-0.1, -0.05) is 37.3 Å². The van der Waals surface area contributed by atoms with Crippen molar-refractivity contribution in [1.29, 1.82) is 0 Å². The standard InChI is InChI=1S/C21H26N2O3S/c1-2-15-22-21(24)14-11-17-9-12-19(13-10-17)27(25,26)23-16-5-7-18-6-3-4-8-20(18)23/h3-4,6,8-10,12-13H,2,5,7,11,14-16H2,1H3,(H,22,24). The van der Waals surface area contributed by atoms with Crippen LogP contribution < -0.4 is 9.62 Å². The summed E-state index contributed by atoms with van der Waals surface area (Å²) in [6.45, 7) is 3.20. The Balaban J connectivity index is 1.72. The molecule has 5 nitrogen and oxygen atoms in total. The molecule has 2 aromatic rings. The van der Waals surface area contributed by atoms with Crippen molar-refractivity contribution in [2.45, 2.75) is 43.9 Å². The highest BCUT2D eigenvalue weighted by molar-refractivity contribution is 7.92. The third kappa shape index (κ3) is 4.50. The number of carbonyl (C=O) groups excluding carboxylic acids is 1. The summed E-state index contributed by atoms with van der Waals surface area (Å²) < 4.78 is 27.7. The number of para-hydroxylation sites is 1. The number of anilines is 1. The molecule has 0 radical (unpaired) electrons. The minimum Gasteiger partial charge on any atom is -0.356 e. The molecule has 6 heteroatoms. The molecule has 1 heterocycles. The highest BCUT2D eigenvalue weighted by Gasteiger charge is 2.28. The van der Waals surface area contributed by atoms with Crippen LogP contribution in [0.5, 0.6) is 0 Å². The molecule has 144 valence electrons. The highest BCUT2D eigenvalue weighted by atomic mass is 32.2. The van der Waals surface area contributed by atoms with E-state index in [1.807, 2.05) is 31.2 Å². The van der Waals surface area contributed by atoms with Gasteiger partial charge in [0.05, 0.1) is 10.6 Å². The molecule has 0 saturated heterocycles. The van der Waals surface area contributed by atoms with Gasteiger partial charge in [0.2, 0.25) is 5.91 Å². The number of carbonyl (C=O) groups is 1. The van der Waals surface area contributed by atoms with Crippen LogP contribution in [0.25, 0.3) is 0 Å². The van der Waals surface area contributed by atoms with Gasteiger partial charge in [-0.2, -0.15) is 0 Å². The Morgan fingerprint density at radius 2 is 1.85 bits per heavy atom. The van der Waals surface area contributed by atoms with Crippen LogP contribution in [0, 0.1) is 0 Å². The molecule has 0 aromatic heterocycles. The largest absolute Gasteiger partial charge is 0.356 e. The molecular formula is C21H26N2O3S. The summed E-state index contributed by atoms with van der Waals surface area (Å²) in [7, 11) is -3.58. The van der Waals surface area contributed by atoms with Crippen molar-refractivity contribution in [2.24, 2.45) is 0 Å². The molecule has 2 aromatic carbocycles. The van der Waals surface area contributed by atoms with Gasteiger partial charge in [0.25, 0.3) is 10.0 Å². The van der Waals surface area contributed by atoms with Crippen LogP contribution in [0.1, 0.15) is 37.3 Å². The van der Waals surface area contributed by atoms with E-state index >= 15 is 0 Å². The second-order valence-corrected chi connectivity index (χ2v) is 8.67. The molecule has 1 aliphatic rings. The molecule has 1 N–H and O–H groups in total. The summed E-state index contributed by atoms with van der Waals surface area (Å²) in [4.78, 5) is 12.0. The maximum atomic E-state index is 13.1. The van der Waals surface area contributed by atoms with Crippen LogP contribution >= 0.6 is 0 Å². The Bertz CT molecular complexity index is 892. The first-order valence-corrected chi connectivity index (χ1v) is 10.9. The first kappa shape index (κ1) is 19.4. The van der Waals surface area contributed by atoms with Gasteiger partial charge in [-0.15, -0.1) is 0 Å². The van der Waals surface area contributed by atoms with Gasteiger partial charge >= 0.3 is 0 Å². The number of nitrogens with one attached hydrogen (secondary N) is 1. The number of benzene rings is 2.